The van der Waals surface area contributed by atoms with Crippen molar-refractivity contribution < 1.29 is 9.53 Å². The van der Waals surface area contributed by atoms with Gasteiger partial charge < -0.3 is 4.74 Å². The van der Waals surface area contributed by atoms with E-state index in [1.54, 1.807) is 6.08 Å². The van der Waals surface area contributed by atoms with E-state index in [1.807, 2.05) is 13.8 Å². The van der Waals surface area contributed by atoms with Crippen LogP contribution in [0.5, 0.6) is 0 Å². The minimum atomic E-state index is -0.208. The van der Waals surface area contributed by atoms with E-state index < -0.39 is 0 Å². The minimum absolute atomic E-state index is 0.208. The molecule has 0 rings (SSSR count). The van der Waals surface area contributed by atoms with Gasteiger partial charge in [0.1, 0.15) is 0 Å². The molecule has 0 radical (unpaired) electrons. The summed E-state index contributed by atoms with van der Waals surface area (Å²) in [6, 6.07) is 0. The van der Waals surface area contributed by atoms with Crippen molar-refractivity contribution in [3.05, 3.63) is 11.6 Å². The Balaban J connectivity index is 3.84. The number of hydrogen-bond donors (Lipinski definition) is 0. The molecule has 0 aliphatic heterocycles. The molecule has 0 spiro atoms. The third-order valence-electron chi connectivity index (χ3n) is 1.54. The summed E-state index contributed by atoms with van der Waals surface area (Å²) in [6.45, 7) is 8.74. The van der Waals surface area contributed by atoms with Crippen LogP contribution in [0.3, 0.4) is 0 Å². The van der Waals surface area contributed by atoms with Gasteiger partial charge in [-0.05, 0) is 25.7 Å². The molecule has 0 atom stereocenters. The third kappa shape index (κ3) is 7.57. The van der Waals surface area contributed by atoms with Crippen LogP contribution in [0, 0.1) is 5.92 Å². The number of rotatable bonds is 5. The Morgan fingerprint density at radius 3 is 2.54 bits per heavy atom. The van der Waals surface area contributed by atoms with E-state index in [4.69, 9.17) is 4.74 Å². The number of carbonyl (C=O) groups excluding carboxylic acids is 1. The van der Waals surface area contributed by atoms with Crippen LogP contribution in [0.4, 0.5) is 0 Å². The van der Waals surface area contributed by atoms with Crippen molar-refractivity contribution in [3.8, 4) is 0 Å². The van der Waals surface area contributed by atoms with Gasteiger partial charge in [-0.15, -0.1) is 0 Å². The van der Waals surface area contributed by atoms with Crippen molar-refractivity contribution in [3.63, 3.8) is 0 Å². The SMILES string of the molecule is CCCOC(=O)/C=C(\C)CC(C)C. The van der Waals surface area contributed by atoms with Crippen LogP contribution in [0.1, 0.15) is 40.5 Å². The molecule has 0 aromatic heterocycles. The maximum absolute atomic E-state index is 11.1. The summed E-state index contributed by atoms with van der Waals surface area (Å²) >= 11 is 0. The Morgan fingerprint density at radius 1 is 1.46 bits per heavy atom. The summed E-state index contributed by atoms with van der Waals surface area (Å²) < 4.78 is 4.93. The predicted octanol–water partition coefficient (Wildman–Crippen LogP) is 2.93. The summed E-state index contributed by atoms with van der Waals surface area (Å²) in [4.78, 5) is 11.1. The van der Waals surface area contributed by atoms with Crippen molar-refractivity contribution in [2.24, 2.45) is 5.92 Å². The topological polar surface area (TPSA) is 26.3 Å². The highest BCUT2D eigenvalue weighted by Gasteiger charge is 2.00. The average molecular weight is 184 g/mol. The van der Waals surface area contributed by atoms with E-state index in [0.29, 0.717) is 12.5 Å². The molecule has 0 saturated carbocycles. The maximum Gasteiger partial charge on any atom is 0.330 e. The van der Waals surface area contributed by atoms with Crippen molar-refractivity contribution in [2.75, 3.05) is 6.61 Å². The van der Waals surface area contributed by atoms with Gasteiger partial charge in [0.05, 0.1) is 6.61 Å². The van der Waals surface area contributed by atoms with Gasteiger partial charge in [-0.2, -0.15) is 0 Å². The number of hydrogen-bond acceptors (Lipinski definition) is 2. The van der Waals surface area contributed by atoms with E-state index in [1.165, 1.54) is 0 Å². The fourth-order valence-electron chi connectivity index (χ4n) is 1.15. The first-order valence-electron chi connectivity index (χ1n) is 4.90. The molecule has 76 valence electrons. The highest BCUT2D eigenvalue weighted by Crippen LogP contribution is 2.09. The number of allylic oxidation sites excluding steroid dienone is 1. The van der Waals surface area contributed by atoms with Crippen molar-refractivity contribution in [2.45, 2.75) is 40.5 Å². The average Bonchev–Trinajstić information content (AvgIpc) is 1.98. The van der Waals surface area contributed by atoms with Crippen LogP contribution in [0.15, 0.2) is 11.6 Å². The van der Waals surface area contributed by atoms with Crippen LogP contribution in [-0.2, 0) is 9.53 Å². The molecule has 0 aliphatic rings. The molecule has 2 nitrogen and oxygen atoms in total. The molecule has 0 bridgehead atoms. The Bertz CT molecular complexity index is 181. The summed E-state index contributed by atoms with van der Waals surface area (Å²) in [6.07, 6.45) is 3.43. The lowest BCUT2D eigenvalue weighted by molar-refractivity contribution is -0.137. The Morgan fingerprint density at radius 2 is 2.08 bits per heavy atom. The van der Waals surface area contributed by atoms with Gasteiger partial charge in [-0.3, -0.25) is 0 Å². The van der Waals surface area contributed by atoms with Crippen LogP contribution < -0.4 is 0 Å². The molecule has 0 saturated heterocycles. The molecule has 0 fully saturated rings. The minimum Gasteiger partial charge on any atom is -0.463 e. The number of esters is 1. The standard InChI is InChI=1S/C11H20O2/c1-5-6-13-11(12)8-10(4)7-9(2)3/h8-9H,5-7H2,1-4H3/b10-8+. The first-order valence-corrected chi connectivity index (χ1v) is 4.90. The normalized spacial score (nSPS) is 11.9. The molecule has 2 heteroatoms. The lowest BCUT2D eigenvalue weighted by atomic mass is 10.0. The van der Waals surface area contributed by atoms with Gasteiger partial charge >= 0.3 is 5.97 Å². The van der Waals surface area contributed by atoms with Crippen molar-refractivity contribution >= 4 is 5.97 Å². The molecular weight excluding hydrogens is 164 g/mol. The van der Waals surface area contributed by atoms with E-state index in [2.05, 4.69) is 13.8 Å². The summed E-state index contributed by atoms with van der Waals surface area (Å²) in [5, 5.41) is 0. The van der Waals surface area contributed by atoms with Crippen LogP contribution >= 0.6 is 0 Å². The van der Waals surface area contributed by atoms with Gasteiger partial charge in [0.15, 0.2) is 0 Å². The summed E-state index contributed by atoms with van der Waals surface area (Å²) in [5.41, 5.74) is 1.09. The first-order chi connectivity index (χ1) is 6.06. The zero-order valence-corrected chi connectivity index (χ0v) is 9.09. The molecule has 0 N–H and O–H groups in total. The molecule has 0 amide bonds. The molecular formula is C11H20O2. The van der Waals surface area contributed by atoms with E-state index in [9.17, 15) is 4.79 Å². The van der Waals surface area contributed by atoms with Gasteiger partial charge in [0.25, 0.3) is 0 Å². The number of carbonyl (C=O) groups is 1. The second kappa shape index (κ2) is 6.70. The second-order valence-corrected chi connectivity index (χ2v) is 3.76. The smallest absolute Gasteiger partial charge is 0.330 e. The summed E-state index contributed by atoms with van der Waals surface area (Å²) in [5.74, 6) is 0.384. The van der Waals surface area contributed by atoms with Crippen molar-refractivity contribution in [1.29, 1.82) is 0 Å². The molecule has 0 aromatic rings. The highest BCUT2D eigenvalue weighted by molar-refractivity contribution is 5.82. The third-order valence-corrected chi connectivity index (χ3v) is 1.54. The summed E-state index contributed by atoms with van der Waals surface area (Å²) in [7, 11) is 0. The van der Waals surface area contributed by atoms with Gasteiger partial charge in [-0.25, -0.2) is 4.79 Å². The molecule has 0 unspecified atom stereocenters. The Hall–Kier alpha value is -0.790. The monoisotopic (exact) mass is 184 g/mol. The Kier molecular flexibility index (Phi) is 6.29. The Labute approximate surface area is 81.0 Å². The molecule has 0 aromatic carbocycles. The predicted molar refractivity (Wildman–Crippen MR) is 54.5 cm³/mol. The van der Waals surface area contributed by atoms with E-state index in [-0.39, 0.29) is 5.97 Å². The molecule has 0 heterocycles. The second-order valence-electron chi connectivity index (χ2n) is 3.76. The van der Waals surface area contributed by atoms with E-state index in [0.717, 1.165) is 18.4 Å². The maximum atomic E-state index is 11.1. The lowest BCUT2D eigenvalue weighted by Crippen LogP contribution is -2.02. The van der Waals surface area contributed by atoms with Gasteiger partial charge in [0.2, 0.25) is 0 Å². The fraction of sp³-hybridized carbons (Fsp3) is 0.727. The number of ether oxygens (including phenoxy) is 1. The zero-order chi connectivity index (χ0) is 10.3. The van der Waals surface area contributed by atoms with Crippen LogP contribution in [0.2, 0.25) is 0 Å². The van der Waals surface area contributed by atoms with E-state index >= 15 is 0 Å². The van der Waals surface area contributed by atoms with Gasteiger partial charge in [0, 0.05) is 6.08 Å². The lowest BCUT2D eigenvalue weighted by Gasteiger charge is -2.04. The highest BCUT2D eigenvalue weighted by atomic mass is 16.5. The fourth-order valence-corrected chi connectivity index (χ4v) is 1.15. The van der Waals surface area contributed by atoms with Crippen LogP contribution in [0.25, 0.3) is 0 Å². The van der Waals surface area contributed by atoms with Crippen LogP contribution in [-0.4, -0.2) is 12.6 Å². The largest absolute Gasteiger partial charge is 0.463 e. The molecule has 0 aliphatic carbocycles. The quantitative estimate of drug-likeness (QED) is 0.485. The van der Waals surface area contributed by atoms with Gasteiger partial charge in [-0.1, -0.05) is 26.3 Å². The molecule has 13 heavy (non-hydrogen) atoms. The zero-order valence-electron chi connectivity index (χ0n) is 9.09. The van der Waals surface area contributed by atoms with Crippen molar-refractivity contribution in [1.82, 2.24) is 0 Å². The first kappa shape index (κ1) is 12.2.